The fourth-order valence-corrected chi connectivity index (χ4v) is 3.39. The molecule has 166 valence electrons. The summed E-state index contributed by atoms with van der Waals surface area (Å²) in [7, 11) is 0. The Morgan fingerprint density at radius 2 is 1.66 bits per heavy atom. The fraction of sp³-hybridized carbons (Fsp3) is 0.208. The Kier molecular flexibility index (Phi) is 7.06. The molecule has 3 aromatic rings. The third kappa shape index (κ3) is 5.78. The van der Waals surface area contributed by atoms with Crippen molar-refractivity contribution in [1.82, 2.24) is 4.98 Å². The molecular formula is C24H23Cl2N3O3. The number of halogens is 2. The number of carbonyl (C=O) groups excluding carboxylic acids is 1. The van der Waals surface area contributed by atoms with Crippen LogP contribution < -0.4 is 10.6 Å². The summed E-state index contributed by atoms with van der Waals surface area (Å²) >= 11 is 12.4. The summed E-state index contributed by atoms with van der Waals surface area (Å²) in [6.07, 6.45) is 1.22. The molecule has 2 aromatic carbocycles. The topological polar surface area (TPSA) is 91.3 Å². The molecule has 32 heavy (non-hydrogen) atoms. The van der Waals surface area contributed by atoms with E-state index in [1.165, 1.54) is 17.8 Å². The SMILES string of the molecule is CC(C)(C)c1ccc(NC(=O)c2ccc(Cl)c(CNc3ncc(C(=O)O)cc3Cl)c2)cc1. The Morgan fingerprint density at radius 1 is 0.969 bits per heavy atom. The first-order valence-corrected chi connectivity index (χ1v) is 10.6. The lowest BCUT2D eigenvalue weighted by Crippen LogP contribution is -2.14. The Hall–Kier alpha value is -3.09. The van der Waals surface area contributed by atoms with Crippen LogP contribution in [0.3, 0.4) is 0 Å². The van der Waals surface area contributed by atoms with Crippen LogP contribution in [0.15, 0.2) is 54.7 Å². The molecule has 0 spiro atoms. The smallest absolute Gasteiger partial charge is 0.337 e. The first-order valence-electron chi connectivity index (χ1n) is 9.87. The molecule has 3 N–H and O–H groups in total. The van der Waals surface area contributed by atoms with Gasteiger partial charge in [0.2, 0.25) is 0 Å². The van der Waals surface area contributed by atoms with E-state index in [0.717, 1.165) is 0 Å². The molecule has 1 amide bonds. The van der Waals surface area contributed by atoms with Crippen LogP contribution in [0.25, 0.3) is 0 Å². The summed E-state index contributed by atoms with van der Waals surface area (Å²) in [5, 5.41) is 15.6. The van der Waals surface area contributed by atoms with Crippen LogP contribution in [0.4, 0.5) is 11.5 Å². The number of nitrogens with zero attached hydrogens (tertiary/aromatic N) is 1. The van der Waals surface area contributed by atoms with E-state index in [2.05, 4.69) is 36.4 Å². The normalized spacial score (nSPS) is 11.2. The molecule has 1 heterocycles. The molecule has 6 nitrogen and oxygen atoms in total. The van der Waals surface area contributed by atoms with Crippen molar-refractivity contribution in [2.75, 3.05) is 10.6 Å². The van der Waals surface area contributed by atoms with E-state index in [1.807, 2.05) is 24.3 Å². The Morgan fingerprint density at radius 3 is 2.25 bits per heavy atom. The molecule has 8 heteroatoms. The molecule has 0 saturated carbocycles. The number of benzene rings is 2. The van der Waals surface area contributed by atoms with Crippen molar-refractivity contribution in [2.24, 2.45) is 0 Å². The zero-order valence-electron chi connectivity index (χ0n) is 17.9. The minimum Gasteiger partial charge on any atom is -0.478 e. The number of aromatic carboxylic acids is 1. The van der Waals surface area contributed by atoms with E-state index >= 15 is 0 Å². The number of nitrogens with one attached hydrogen (secondary N) is 2. The van der Waals surface area contributed by atoms with Gasteiger partial charge < -0.3 is 15.7 Å². The standard InChI is InChI=1S/C24H23Cl2N3O3/c1-24(2,3)17-5-7-18(8-6-17)29-22(30)14-4-9-19(25)15(10-14)12-27-21-20(26)11-16(13-28-21)23(31)32/h4-11,13H,12H2,1-3H3,(H,27,28)(H,29,30)(H,31,32). The number of rotatable bonds is 6. The van der Waals surface area contributed by atoms with Crippen molar-refractivity contribution in [1.29, 1.82) is 0 Å². The molecule has 1 aromatic heterocycles. The number of hydrogen-bond donors (Lipinski definition) is 3. The average Bonchev–Trinajstić information content (AvgIpc) is 2.73. The van der Waals surface area contributed by atoms with Crippen LogP contribution in [-0.4, -0.2) is 22.0 Å². The summed E-state index contributed by atoms with van der Waals surface area (Å²) in [5.41, 5.74) is 3.03. The number of hydrogen-bond acceptors (Lipinski definition) is 4. The Labute approximate surface area is 196 Å². The van der Waals surface area contributed by atoms with Gasteiger partial charge in [-0.25, -0.2) is 9.78 Å². The zero-order valence-corrected chi connectivity index (χ0v) is 19.4. The van der Waals surface area contributed by atoms with E-state index in [-0.39, 0.29) is 28.5 Å². The predicted octanol–water partition coefficient (Wildman–Crippen LogP) is 6.25. The van der Waals surface area contributed by atoms with Gasteiger partial charge in [-0.2, -0.15) is 0 Å². The molecule has 0 fully saturated rings. The summed E-state index contributed by atoms with van der Waals surface area (Å²) in [6.45, 7) is 6.65. The number of aromatic nitrogens is 1. The minimum atomic E-state index is -1.11. The van der Waals surface area contributed by atoms with Crippen molar-refractivity contribution in [3.05, 3.63) is 87.0 Å². The highest BCUT2D eigenvalue weighted by Crippen LogP contribution is 2.25. The monoisotopic (exact) mass is 471 g/mol. The van der Waals surface area contributed by atoms with Crippen molar-refractivity contribution < 1.29 is 14.7 Å². The second-order valence-corrected chi connectivity index (χ2v) is 9.12. The highest BCUT2D eigenvalue weighted by Gasteiger charge is 2.14. The van der Waals surface area contributed by atoms with Gasteiger partial charge in [-0.15, -0.1) is 0 Å². The van der Waals surface area contributed by atoms with Crippen LogP contribution in [-0.2, 0) is 12.0 Å². The Balaban J connectivity index is 1.71. The molecular weight excluding hydrogens is 449 g/mol. The van der Waals surface area contributed by atoms with Gasteiger partial charge in [0.15, 0.2) is 0 Å². The van der Waals surface area contributed by atoms with Crippen molar-refractivity contribution in [3.63, 3.8) is 0 Å². The van der Waals surface area contributed by atoms with Crippen LogP contribution in [0.2, 0.25) is 10.0 Å². The number of carboxylic acid groups (broad SMARTS) is 1. The van der Waals surface area contributed by atoms with Crippen molar-refractivity contribution >= 4 is 46.6 Å². The molecule has 0 radical (unpaired) electrons. The fourth-order valence-electron chi connectivity index (χ4n) is 2.97. The third-order valence-corrected chi connectivity index (χ3v) is 5.51. The number of carbonyl (C=O) groups is 2. The third-order valence-electron chi connectivity index (χ3n) is 4.85. The number of pyridine rings is 1. The largest absolute Gasteiger partial charge is 0.478 e. The van der Waals surface area contributed by atoms with Crippen LogP contribution in [0, 0.1) is 0 Å². The highest BCUT2D eigenvalue weighted by molar-refractivity contribution is 6.33. The van der Waals surface area contributed by atoms with Gasteiger partial charge in [-0.1, -0.05) is 56.1 Å². The first-order chi connectivity index (χ1) is 15.0. The second-order valence-electron chi connectivity index (χ2n) is 8.30. The van der Waals surface area contributed by atoms with Gasteiger partial charge in [-0.05, 0) is 52.9 Å². The maximum Gasteiger partial charge on any atom is 0.337 e. The van der Waals surface area contributed by atoms with Crippen LogP contribution >= 0.6 is 23.2 Å². The van der Waals surface area contributed by atoms with E-state index in [4.69, 9.17) is 28.3 Å². The number of anilines is 2. The van der Waals surface area contributed by atoms with Crippen LogP contribution in [0.5, 0.6) is 0 Å². The lowest BCUT2D eigenvalue weighted by Gasteiger charge is -2.19. The molecule has 0 aliphatic carbocycles. The van der Waals surface area contributed by atoms with Gasteiger partial charge >= 0.3 is 5.97 Å². The molecule has 3 rings (SSSR count). The first kappa shape index (κ1) is 23.6. The molecule has 0 saturated heterocycles. The molecule has 0 aliphatic heterocycles. The lowest BCUT2D eigenvalue weighted by molar-refractivity contribution is 0.0696. The Bertz CT molecular complexity index is 1160. The van der Waals surface area contributed by atoms with E-state index in [0.29, 0.717) is 27.7 Å². The zero-order chi connectivity index (χ0) is 23.5. The summed E-state index contributed by atoms with van der Waals surface area (Å²) < 4.78 is 0. The van der Waals surface area contributed by atoms with Crippen molar-refractivity contribution in [2.45, 2.75) is 32.7 Å². The molecule has 0 atom stereocenters. The average molecular weight is 472 g/mol. The quantitative estimate of drug-likeness (QED) is 0.395. The summed E-state index contributed by atoms with van der Waals surface area (Å²) in [6, 6.07) is 14.1. The molecule has 0 aliphatic rings. The van der Waals surface area contributed by atoms with E-state index in [9.17, 15) is 9.59 Å². The van der Waals surface area contributed by atoms with Crippen LogP contribution in [0.1, 0.15) is 52.6 Å². The summed E-state index contributed by atoms with van der Waals surface area (Å²) in [4.78, 5) is 27.8. The van der Waals surface area contributed by atoms with Gasteiger partial charge in [-0.3, -0.25) is 4.79 Å². The van der Waals surface area contributed by atoms with Gasteiger partial charge in [0, 0.05) is 29.0 Å². The lowest BCUT2D eigenvalue weighted by atomic mass is 9.87. The highest BCUT2D eigenvalue weighted by atomic mass is 35.5. The van der Waals surface area contributed by atoms with Crippen molar-refractivity contribution in [3.8, 4) is 0 Å². The minimum absolute atomic E-state index is 0.00668. The van der Waals surface area contributed by atoms with E-state index in [1.54, 1.807) is 18.2 Å². The maximum atomic E-state index is 12.7. The molecule has 0 bridgehead atoms. The number of amides is 1. The number of carboxylic acids is 1. The predicted molar refractivity (Wildman–Crippen MR) is 128 cm³/mol. The second kappa shape index (κ2) is 9.59. The molecule has 0 unspecified atom stereocenters. The summed E-state index contributed by atoms with van der Waals surface area (Å²) in [5.74, 6) is -1.05. The van der Waals surface area contributed by atoms with E-state index < -0.39 is 5.97 Å². The van der Waals surface area contributed by atoms with Gasteiger partial charge in [0.25, 0.3) is 5.91 Å². The van der Waals surface area contributed by atoms with Gasteiger partial charge in [0.05, 0.1) is 10.6 Å². The maximum absolute atomic E-state index is 12.7. The van der Waals surface area contributed by atoms with Gasteiger partial charge in [0.1, 0.15) is 5.82 Å².